The summed E-state index contributed by atoms with van der Waals surface area (Å²) in [6.45, 7) is 0. The molecular formula is C15H14F3N5O3. The van der Waals surface area contributed by atoms with Crippen LogP contribution >= 0.6 is 0 Å². The molecule has 8 nitrogen and oxygen atoms in total. The summed E-state index contributed by atoms with van der Waals surface area (Å²) in [6.07, 6.45) is -1.20. The van der Waals surface area contributed by atoms with E-state index in [-0.39, 0.29) is 17.6 Å². The first-order valence-electron chi connectivity index (χ1n) is 7.73. The number of nitrogens with one attached hydrogen (secondary N) is 1. The molecule has 0 aromatic carbocycles. The number of carboxylic acids is 1. The van der Waals surface area contributed by atoms with Crippen LogP contribution in [-0.4, -0.2) is 43.0 Å². The van der Waals surface area contributed by atoms with E-state index in [0.717, 1.165) is 16.8 Å². The van der Waals surface area contributed by atoms with E-state index >= 15 is 0 Å². The Kier molecular flexibility index (Phi) is 4.62. The first kappa shape index (κ1) is 17.8. The van der Waals surface area contributed by atoms with Crippen molar-refractivity contribution in [2.75, 3.05) is 0 Å². The zero-order valence-corrected chi connectivity index (χ0v) is 13.3. The second kappa shape index (κ2) is 6.73. The van der Waals surface area contributed by atoms with Crippen molar-refractivity contribution in [1.82, 2.24) is 25.3 Å². The molecule has 1 aliphatic rings. The van der Waals surface area contributed by atoms with Gasteiger partial charge in [0.1, 0.15) is 0 Å². The van der Waals surface area contributed by atoms with E-state index in [1.807, 2.05) is 0 Å². The first-order chi connectivity index (χ1) is 12.2. The first-order valence-corrected chi connectivity index (χ1v) is 7.73. The Morgan fingerprint density at radius 1 is 1.27 bits per heavy atom. The normalized spacial score (nSPS) is 20.1. The van der Waals surface area contributed by atoms with Crippen LogP contribution in [0, 0.1) is 5.92 Å². The third kappa shape index (κ3) is 3.81. The van der Waals surface area contributed by atoms with E-state index in [1.165, 1.54) is 6.20 Å². The Balaban J connectivity index is 1.66. The minimum absolute atomic E-state index is 0.0366. The number of carbonyl (C=O) groups excluding carboxylic acids is 1. The van der Waals surface area contributed by atoms with Crippen LogP contribution in [0.15, 0.2) is 24.5 Å². The van der Waals surface area contributed by atoms with Crippen molar-refractivity contribution < 1.29 is 27.9 Å². The Labute approximate surface area is 145 Å². The van der Waals surface area contributed by atoms with Crippen LogP contribution in [0.25, 0.3) is 5.82 Å². The van der Waals surface area contributed by atoms with E-state index in [2.05, 4.69) is 20.6 Å². The highest BCUT2D eigenvalue weighted by Gasteiger charge is 2.32. The molecule has 1 aliphatic carbocycles. The topological polar surface area (TPSA) is 110 Å². The fourth-order valence-electron chi connectivity index (χ4n) is 2.77. The number of hydrogen-bond donors (Lipinski definition) is 2. The van der Waals surface area contributed by atoms with Crippen LogP contribution in [0.2, 0.25) is 0 Å². The number of carboxylic acid groups (broad SMARTS) is 1. The zero-order valence-electron chi connectivity index (χ0n) is 13.3. The molecule has 26 heavy (non-hydrogen) atoms. The van der Waals surface area contributed by atoms with Gasteiger partial charge in [-0.2, -0.15) is 13.2 Å². The molecule has 2 aromatic rings. The van der Waals surface area contributed by atoms with Crippen molar-refractivity contribution in [2.45, 2.75) is 31.5 Å². The molecule has 0 spiro atoms. The minimum Gasteiger partial charge on any atom is -0.481 e. The highest BCUT2D eigenvalue weighted by Crippen LogP contribution is 2.28. The summed E-state index contributed by atoms with van der Waals surface area (Å²) in [5.41, 5.74) is -0.931. The molecule has 0 radical (unpaired) electrons. The summed E-state index contributed by atoms with van der Waals surface area (Å²) in [5, 5.41) is 19.0. The predicted molar refractivity (Wildman–Crippen MR) is 80.4 cm³/mol. The SMILES string of the molecule is O=C(N[C@@H]1CC[C@H](C(=O)O)C1)c1cn(-c2ccc(C(F)(F)F)cn2)nn1. The highest BCUT2D eigenvalue weighted by atomic mass is 19.4. The molecular weight excluding hydrogens is 355 g/mol. The van der Waals surface area contributed by atoms with Crippen LogP contribution in [0.1, 0.15) is 35.3 Å². The smallest absolute Gasteiger partial charge is 0.417 e. The van der Waals surface area contributed by atoms with Gasteiger partial charge in [-0.05, 0) is 31.4 Å². The predicted octanol–water partition coefficient (Wildman–Crippen LogP) is 1.66. The van der Waals surface area contributed by atoms with Gasteiger partial charge in [-0.3, -0.25) is 9.59 Å². The average Bonchev–Trinajstić information content (AvgIpc) is 3.23. The van der Waals surface area contributed by atoms with E-state index in [4.69, 9.17) is 5.11 Å². The zero-order chi connectivity index (χ0) is 18.9. The molecule has 2 heterocycles. The van der Waals surface area contributed by atoms with Crippen molar-refractivity contribution in [3.05, 3.63) is 35.8 Å². The van der Waals surface area contributed by atoms with Gasteiger partial charge in [0.15, 0.2) is 11.5 Å². The van der Waals surface area contributed by atoms with Gasteiger partial charge in [0.2, 0.25) is 0 Å². The maximum Gasteiger partial charge on any atom is 0.417 e. The number of halogens is 3. The number of pyridine rings is 1. The lowest BCUT2D eigenvalue weighted by atomic mass is 10.1. The average molecular weight is 369 g/mol. The van der Waals surface area contributed by atoms with Crippen molar-refractivity contribution in [2.24, 2.45) is 5.92 Å². The fraction of sp³-hybridized carbons (Fsp3) is 0.400. The fourth-order valence-corrected chi connectivity index (χ4v) is 2.77. The molecule has 1 amide bonds. The second-order valence-electron chi connectivity index (χ2n) is 5.97. The quantitative estimate of drug-likeness (QED) is 0.848. The van der Waals surface area contributed by atoms with Gasteiger partial charge in [-0.25, -0.2) is 9.67 Å². The molecule has 1 fully saturated rings. The molecule has 2 N–H and O–H groups in total. The maximum absolute atomic E-state index is 12.5. The van der Waals surface area contributed by atoms with E-state index in [1.54, 1.807) is 0 Å². The van der Waals surface area contributed by atoms with Gasteiger partial charge >= 0.3 is 12.1 Å². The molecule has 11 heteroatoms. The summed E-state index contributed by atoms with van der Waals surface area (Å²) in [5.74, 6) is -1.82. The molecule has 0 saturated heterocycles. The van der Waals surface area contributed by atoms with Gasteiger partial charge in [-0.1, -0.05) is 5.21 Å². The standard InChI is InChI=1S/C15H14F3N5O3/c16-15(17,18)9-2-4-12(19-6-9)23-7-11(21-22-23)13(24)20-10-3-1-8(5-10)14(25)26/h2,4,6-8,10H,1,3,5H2,(H,20,24)(H,25,26)/t8-,10+/m0/s1. The van der Waals surface area contributed by atoms with Crippen LogP contribution in [0.5, 0.6) is 0 Å². The number of rotatable bonds is 4. The molecule has 0 aliphatic heterocycles. The number of nitrogens with zero attached hydrogens (tertiary/aromatic N) is 4. The van der Waals surface area contributed by atoms with Gasteiger partial charge in [-0.15, -0.1) is 5.10 Å². The Bertz CT molecular complexity index is 819. The second-order valence-corrected chi connectivity index (χ2v) is 5.97. The molecule has 2 atom stereocenters. The largest absolute Gasteiger partial charge is 0.481 e. The van der Waals surface area contributed by atoms with Crippen molar-refractivity contribution in [3.8, 4) is 5.82 Å². The number of aliphatic carboxylic acids is 1. The Morgan fingerprint density at radius 2 is 2.04 bits per heavy atom. The maximum atomic E-state index is 12.5. The summed E-state index contributed by atoms with van der Waals surface area (Å²) >= 11 is 0. The lowest BCUT2D eigenvalue weighted by molar-refractivity contribution is -0.141. The minimum atomic E-state index is -4.49. The lowest BCUT2D eigenvalue weighted by Gasteiger charge is -2.10. The van der Waals surface area contributed by atoms with Crippen LogP contribution in [0.4, 0.5) is 13.2 Å². The summed E-state index contributed by atoms with van der Waals surface area (Å²) < 4.78 is 38.7. The van der Waals surface area contributed by atoms with Crippen molar-refractivity contribution in [3.63, 3.8) is 0 Å². The Hall–Kier alpha value is -2.98. The van der Waals surface area contributed by atoms with Gasteiger partial charge in [0.05, 0.1) is 17.7 Å². The third-order valence-corrected chi connectivity index (χ3v) is 4.15. The van der Waals surface area contributed by atoms with Crippen LogP contribution in [-0.2, 0) is 11.0 Å². The number of hydrogen-bond acceptors (Lipinski definition) is 5. The summed E-state index contributed by atoms with van der Waals surface area (Å²) in [7, 11) is 0. The monoisotopic (exact) mass is 369 g/mol. The van der Waals surface area contributed by atoms with Crippen molar-refractivity contribution in [1.29, 1.82) is 0 Å². The van der Waals surface area contributed by atoms with Gasteiger partial charge < -0.3 is 10.4 Å². The molecule has 0 bridgehead atoms. The summed E-state index contributed by atoms with van der Waals surface area (Å²) in [4.78, 5) is 26.8. The highest BCUT2D eigenvalue weighted by molar-refractivity contribution is 5.92. The van der Waals surface area contributed by atoms with Gasteiger partial charge in [0, 0.05) is 12.2 Å². The van der Waals surface area contributed by atoms with Gasteiger partial charge in [0.25, 0.3) is 5.91 Å². The number of carbonyl (C=O) groups is 2. The molecule has 2 aromatic heterocycles. The van der Waals surface area contributed by atoms with E-state index in [9.17, 15) is 22.8 Å². The third-order valence-electron chi connectivity index (χ3n) is 4.15. The summed E-state index contributed by atoms with van der Waals surface area (Å²) in [6, 6.07) is 1.71. The number of amides is 1. The lowest BCUT2D eigenvalue weighted by Crippen LogP contribution is -2.33. The van der Waals surface area contributed by atoms with Crippen LogP contribution < -0.4 is 5.32 Å². The van der Waals surface area contributed by atoms with Crippen molar-refractivity contribution >= 4 is 11.9 Å². The molecule has 1 saturated carbocycles. The van der Waals surface area contributed by atoms with E-state index in [0.29, 0.717) is 25.5 Å². The number of alkyl halides is 3. The molecule has 3 rings (SSSR count). The van der Waals surface area contributed by atoms with Crippen LogP contribution in [0.3, 0.4) is 0 Å². The number of aromatic nitrogens is 4. The Morgan fingerprint density at radius 3 is 2.62 bits per heavy atom. The van der Waals surface area contributed by atoms with E-state index < -0.39 is 29.5 Å². The molecule has 138 valence electrons. The molecule has 0 unspecified atom stereocenters.